The number of methoxy groups -OCH3 is 1. The van der Waals surface area contributed by atoms with Crippen molar-refractivity contribution >= 4 is 39.2 Å². The maximum atomic E-state index is 11.6. The smallest absolute Gasteiger partial charge is 0.358 e. The fourth-order valence-corrected chi connectivity index (χ4v) is 3.68. The van der Waals surface area contributed by atoms with Crippen LogP contribution in [0.5, 0.6) is 0 Å². The molecule has 1 aromatic rings. The summed E-state index contributed by atoms with van der Waals surface area (Å²) in [5.74, 6) is -0.154. The van der Waals surface area contributed by atoms with E-state index < -0.39 is 5.97 Å². The molecule has 110 valence electrons. The largest absolute Gasteiger partial charge is 0.464 e. The SMILES string of the molecule is COC(=O)c1nccc(CC2CC(Br)CCC2Cl)c1N. The van der Waals surface area contributed by atoms with Crippen LogP contribution < -0.4 is 5.73 Å². The summed E-state index contributed by atoms with van der Waals surface area (Å²) in [7, 11) is 1.32. The molecule has 0 spiro atoms. The van der Waals surface area contributed by atoms with Crippen LogP contribution in [0.1, 0.15) is 35.3 Å². The van der Waals surface area contributed by atoms with Gasteiger partial charge in [-0.2, -0.15) is 0 Å². The van der Waals surface area contributed by atoms with E-state index >= 15 is 0 Å². The Labute approximate surface area is 132 Å². The molecular weight excluding hydrogens is 344 g/mol. The number of carbonyl (C=O) groups is 1. The molecule has 1 saturated carbocycles. The number of rotatable bonds is 3. The molecule has 6 heteroatoms. The van der Waals surface area contributed by atoms with E-state index in [9.17, 15) is 4.79 Å². The van der Waals surface area contributed by atoms with Gasteiger partial charge in [0.15, 0.2) is 5.69 Å². The molecule has 2 N–H and O–H groups in total. The third-order valence-corrected chi connectivity index (χ3v) is 5.17. The molecule has 1 aliphatic rings. The molecule has 1 heterocycles. The predicted octanol–water partition coefficient (Wildman–Crippen LogP) is 3.16. The monoisotopic (exact) mass is 360 g/mol. The van der Waals surface area contributed by atoms with Crippen molar-refractivity contribution in [2.75, 3.05) is 12.8 Å². The second-order valence-electron chi connectivity index (χ2n) is 5.11. The maximum absolute atomic E-state index is 11.6. The van der Waals surface area contributed by atoms with Crippen LogP contribution in [-0.4, -0.2) is 28.3 Å². The van der Waals surface area contributed by atoms with Crippen molar-refractivity contribution in [1.29, 1.82) is 0 Å². The first-order valence-corrected chi connectivity index (χ1v) is 7.98. The van der Waals surface area contributed by atoms with Crippen molar-refractivity contribution in [3.05, 3.63) is 23.5 Å². The minimum Gasteiger partial charge on any atom is -0.464 e. The molecule has 4 nitrogen and oxygen atoms in total. The summed E-state index contributed by atoms with van der Waals surface area (Å²) in [4.78, 5) is 16.1. The molecule has 1 aromatic heterocycles. The molecule has 1 fully saturated rings. The standard InChI is InChI=1S/C14H18BrClN2O2/c1-20-14(19)13-12(17)8(4-5-18-13)6-9-7-10(15)2-3-11(9)16/h4-5,9-11H,2-3,6-7,17H2,1H3. The molecule has 0 saturated heterocycles. The van der Waals surface area contributed by atoms with Gasteiger partial charge in [-0.05, 0) is 43.2 Å². The minimum atomic E-state index is -0.506. The Balaban J connectivity index is 2.19. The van der Waals surface area contributed by atoms with Gasteiger partial charge in [0.1, 0.15) is 0 Å². The van der Waals surface area contributed by atoms with Crippen LogP contribution in [0.2, 0.25) is 0 Å². The second-order valence-corrected chi connectivity index (χ2v) is 6.97. The molecule has 0 amide bonds. The first-order valence-electron chi connectivity index (χ1n) is 6.62. The average Bonchev–Trinajstić information content (AvgIpc) is 2.44. The average molecular weight is 362 g/mol. The number of alkyl halides is 2. The van der Waals surface area contributed by atoms with Gasteiger partial charge in [-0.15, -0.1) is 11.6 Å². The van der Waals surface area contributed by atoms with E-state index in [1.54, 1.807) is 6.20 Å². The highest BCUT2D eigenvalue weighted by molar-refractivity contribution is 9.09. The molecule has 1 aliphatic carbocycles. The Bertz CT molecular complexity index is 498. The fraction of sp³-hybridized carbons (Fsp3) is 0.571. The number of ether oxygens (including phenoxy) is 1. The molecule has 20 heavy (non-hydrogen) atoms. The first kappa shape index (κ1) is 15.6. The van der Waals surface area contributed by atoms with Crippen LogP contribution in [0.25, 0.3) is 0 Å². The van der Waals surface area contributed by atoms with E-state index in [2.05, 4.69) is 25.7 Å². The van der Waals surface area contributed by atoms with Gasteiger partial charge in [0.05, 0.1) is 12.8 Å². The van der Waals surface area contributed by atoms with Crippen LogP contribution in [0.4, 0.5) is 5.69 Å². The molecule has 0 bridgehead atoms. The van der Waals surface area contributed by atoms with Gasteiger partial charge in [0.25, 0.3) is 0 Å². The fourth-order valence-electron chi connectivity index (χ4n) is 2.61. The van der Waals surface area contributed by atoms with Crippen molar-refractivity contribution in [3.8, 4) is 0 Å². The van der Waals surface area contributed by atoms with E-state index in [4.69, 9.17) is 17.3 Å². The highest BCUT2D eigenvalue weighted by Crippen LogP contribution is 2.35. The summed E-state index contributed by atoms with van der Waals surface area (Å²) in [5.41, 5.74) is 7.54. The van der Waals surface area contributed by atoms with Gasteiger partial charge in [0, 0.05) is 16.4 Å². The van der Waals surface area contributed by atoms with Gasteiger partial charge in [-0.1, -0.05) is 15.9 Å². The second kappa shape index (κ2) is 6.76. The number of carbonyl (C=O) groups excluding carboxylic acids is 1. The minimum absolute atomic E-state index is 0.151. The summed E-state index contributed by atoms with van der Waals surface area (Å²) < 4.78 is 4.69. The molecule has 2 rings (SSSR count). The van der Waals surface area contributed by atoms with E-state index in [-0.39, 0.29) is 11.1 Å². The molecular formula is C14H18BrClN2O2. The van der Waals surface area contributed by atoms with Crippen LogP contribution in [-0.2, 0) is 11.2 Å². The van der Waals surface area contributed by atoms with Crippen molar-refractivity contribution in [1.82, 2.24) is 4.98 Å². The number of nitrogens with zero attached hydrogens (tertiary/aromatic N) is 1. The van der Waals surface area contributed by atoms with Gasteiger partial charge in [0.2, 0.25) is 0 Å². The van der Waals surface area contributed by atoms with Crippen molar-refractivity contribution in [2.24, 2.45) is 5.92 Å². The number of nitrogen functional groups attached to an aromatic ring is 1. The van der Waals surface area contributed by atoms with Crippen LogP contribution in [0.15, 0.2) is 12.3 Å². The lowest BCUT2D eigenvalue weighted by Gasteiger charge is -2.30. The van der Waals surface area contributed by atoms with E-state index in [0.717, 1.165) is 31.2 Å². The quantitative estimate of drug-likeness (QED) is 0.663. The maximum Gasteiger partial charge on any atom is 0.358 e. The topological polar surface area (TPSA) is 65.2 Å². The van der Waals surface area contributed by atoms with Crippen molar-refractivity contribution in [3.63, 3.8) is 0 Å². The van der Waals surface area contributed by atoms with Crippen LogP contribution >= 0.6 is 27.5 Å². The summed E-state index contributed by atoms with van der Waals surface area (Å²) in [5, 5.41) is 0.151. The Kier molecular flexibility index (Phi) is 5.27. The Hall–Kier alpha value is -0.810. The number of nitrogens with two attached hydrogens (primary N) is 1. The van der Waals surface area contributed by atoms with Crippen molar-refractivity contribution < 1.29 is 9.53 Å². The summed E-state index contributed by atoms with van der Waals surface area (Å²) in [6, 6.07) is 1.85. The third-order valence-electron chi connectivity index (χ3n) is 3.77. The van der Waals surface area contributed by atoms with E-state index in [1.165, 1.54) is 7.11 Å². The lowest BCUT2D eigenvalue weighted by atomic mass is 9.84. The predicted molar refractivity (Wildman–Crippen MR) is 83.4 cm³/mol. The van der Waals surface area contributed by atoms with Gasteiger partial charge >= 0.3 is 5.97 Å². The van der Waals surface area contributed by atoms with Gasteiger partial charge < -0.3 is 10.5 Å². The number of esters is 1. The zero-order chi connectivity index (χ0) is 14.7. The van der Waals surface area contributed by atoms with Crippen LogP contribution in [0, 0.1) is 5.92 Å². The number of pyridine rings is 1. The lowest BCUT2D eigenvalue weighted by molar-refractivity contribution is 0.0595. The summed E-state index contributed by atoms with van der Waals surface area (Å²) in [6.07, 6.45) is 5.47. The Morgan fingerprint density at radius 2 is 2.35 bits per heavy atom. The van der Waals surface area contributed by atoms with Gasteiger partial charge in [-0.25, -0.2) is 9.78 Å². The zero-order valence-corrected chi connectivity index (χ0v) is 13.7. The summed E-state index contributed by atoms with van der Waals surface area (Å²) in [6.45, 7) is 0. The van der Waals surface area contributed by atoms with Crippen molar-refractivity contribution in [2.45, 2.75) is 35.9 Å². The zero-order valence-electron chi connectivity index (χ0n) is 11.3. The number of anilines is 1. The van der Waals surface area contributed by atoms with E-state index in [1.807, 2.05) is 6.07 Å². The molecule has 0 aromatic carbocycles. The highest BCUT2D eigenvalue weighted by Gasteiger charge is 2.29. The van der Waals surface area contributed by atoms with Crippen LogP contribution in [0.3, 0.4) is 0 Å². The number of halogens is 2. The molecule has 3 unspecified atom stereocenters. The number of hydrogen-bond donors (Lipinski definition) is 1. The third kappa shape index (κ3) is 3.44. The number of aromatic nitrogens is 1. The number of hydrogen-bond acceptors (Lipinski definition) is 4. The molecule has 3 atom stereocenters. The Morgan fingerprint density at radius 3 is 3.05 bits per heavy atom. The Morgan fingerprint density at radius 1 is 1.60 bits per heavy atom. The first-order chi connectivity index (χ1) is 9.52. The van der Waals surface area contributed by atoms with Gasteiger partial charge in [-0.3, -0.25) is 0 Å². The summed E-state index contributed by atoms with van der Waals surface area (Å²) >= 11 is 10.1. The lowest BCUT2D eigenvalue weighted by Crippen LogP contribution is -2.27. The highest BCUT2D eigenvalue weighted by atomic mass is 79.9. The molecule has 0 radical (unpaired) electrons. The molecule has 0 aliphatic heterocycles. The van der Waals surface area contributed by atoms with E-state index in [0.29, 0.717) is 16.4 Å². The normalized spacial score (nSPS) is 26.2.